The van der Waals surface area contributed by atoms with Gasteiger partial charge in [0.05, 0.1) is 12.2 Å². The summed E-state index contributed by atoms with van der Waals surface area (Å²) in [6.07, 6.45) is 0. The molecule has 0 radical (unpaired) electrons. The van der Waals surface area contributed by atoms with E-state index in [1.54, 1.807) is 0 Å². The number of nitrogens with one attached hydrogen (secondary N) is 1. The Morgan fingerprint density at radius 2 is 1.84 bits per heavy atom. The third kappa shape index (κ3) is 4.11. The van der Waals surface area contributed by atoms with E-state index in [0.29, 0.717) is 12.6 Å². The van der Waals surface area contributed by atoms with E-state index in [4.69, 9.17) is 0 Å². The topological polar surface area (TPSA) is 37.8 Å². The van der Waals surface area contributed by atoms with Crippen LogP contribution in [-0.4, -0.2) is 16.0 Å². The molecule has 1 heterocycles. The lowest BCUT2D eigenvalue weighted by molar-refractivity contribution is 0.571. The van der Waals surface area contributed by atoms with Gasteiger partial charge in [0.2, 0.25) is 0 Å². The molecule has 0 fully saturated rings. The predicted octanol–water partition coefficient (Wildman–Crippen LogP) is 3.71. The summed E-state index contributed by atoms with van der Waals surface area (Å²) in [7, 11) is 0. The molecule has 19 heavy (non-hydrogen) atoms. The standard InChI is InChI=1S/C15H18BrN3/c1-10(2)17-9-15-18-11(3)8-14(19-15)12-4-6-13(16)7-5-12/h4-8,10,17H,9H2,1-3H3. The summed E-state index contributed by atoms with van der Waals surface area (Å²) in [5.74, 6) is 0.839. The van der Waals surface area contributed by atoms with E-state index in [-0.39, 0.29) is 0 Å². The Morgan fingerprint density at radius 1 is 1.16 bits per heavy atom. The zero-order valence-electron chi connectivity index (χ0n) is 11.4. The van der Waals surface area contributed by atoms with Crippen LogP contribution in [0.5, 0.6) is 0 Å². The van der Waals surface area contributed by atoms with Crippen LogP contribution >= 0.6 is 15.9 Å². The molecular formula is C15H18BrN3. The van der Waals surface area contributed by atoms with Gasteiger partial charge in [-0.1, -0.05) is 41.9 Å². The molecule has 0 aliphatic carbocycles. The second-order valence-electron chi connectivity index (χ2n) is 4.85. The van der Waals surface area contributed by atoms with Crippen molar-refractivity contribution >= 4 is 15.9 Å². The van der Waals surface area contributed by atoms with Crippen LogP contribution in [0.15, 0.2) is 34.8 Å². The molecule has 0 bridgehead atoms. The van der Waals surface area contributed by atoms with E-state index in [9.17, 15) is 0 Å². The molecule has 3 nitrogen and oxygen atoms in total. The number of aryl methyl sites for hydroxylation is 1. The smallest absolute Gasteiger partial charge is 0.143 e. The summed E-state index contributed by atoms with van der Waals surface area (Å²) in [6.45, 7) is 6.93. The molecular weight excluding hydrogens is 302 g/mol. The number of rotatable bonds is 4. The average Bonchev–Trinajstić information content (AvgIpc) is 2.36. The van der Waals surface area contributed by atoms with Crippen LogP contribution in [0.1, 0.15) is 25.4 Å². The maximum atomic E-state index is 4.62. The van der Waals surface area contributed by atoms with Crippen molar-refractivity contribution < 1.29 is 0 Å². The van der Waals surface area contributed by atoms with E-state index < -0.39 is 0 Å². The first-order valence-electron chi connectivity index (χ1n) is 6.38. The van der Waals surface area contributed by atoms with Gasteiger partial charge < -0.3 is 5.32 Å². The summed E-state index contributed by atoms with van der Waals surface area (Å²) in [4.78, 5) is 9.08. The van der Waals surface area contributed by atoms with E-state index >= 15 is 0 Å². The van der Waals surface area contributed by atoms with Crippen LogP contribution < -0.4 is 5.32 Å². The van der Waals surface area contributed by atoms with Crippen molar-refractivity contribution in [2.45, 2.75) is 33.4 Å². The lowest BCUT2D eigenvalue weighted by atomic mass is 10.1. The molecule has 0 aliphatic rings. The van der Waals surface area contributed by atoms with Crippen LogP contribution in [0.3, 0.4) is 0 Å². The van der Waals surface area contributed by atoms with Crippen molar-refractivity contribution in [1.82, 2.24) is 15.3 Å². The summed E-state index contributed by atoms with van der Waals surface area (Å²) >= 11 is 3.44. The molecule has 4 heteroatoms. The summed E-state index contributed by atoms with van der Waals surface area (Å²) in [5.41, 5.74) is 3.08. The Kier molecular flexibility index (Phi) is 4.66. The van der Waals surface area contributed by atoms with E-state index in [0.717, 1.165) is 27.2 Å². The van der Waals surface area contributed by atoms with Crippen LogP contribution in [0.2, 0.25) is 0 Å². The van der Waals surface area contributed by atoms with Crippen molar-refractivity contribution in [3.8, 4) is 11.3 Å². The van der Waals surface area contributed by atoms with Gasteiger partial charge in [0.15, 0.2) is 0 Å². The average molecular weight is 320 g/mol. The normalized spacial score (nSPS) is 11.0. The fraction of sp³-hybridized carbons (Fsp3) is 0.333. The highest BCUT2D eigenvalue weighted by Gasteiger charge is 2.05. The Hall–Kier alpha value is -1.26. The molecule has 2 rings (SSSR count). The van der Waals surface area contributed by atoms with Gasteiger partial charge in [-0.25, -0.2) is 9.97 Å². The maximum absolute atomic E-state index is 4.62. The molecule has 0 atom stereocenters. The molecule has 1 aromatic carbocycles. The van der Waals surface area contributed by atoms with E-state index in [2.05, 4.69) is 57.2 Å². The van der Waals surface area contributed by atoms with Crippen molar-refractivity contribution in [2.24, 2.45) is 0 Å². The molecule has 1 aromatic heterocycles. The highest BCUT2D eigenvalue weighted by molar-refractivity contribution is 9.10. The van der Waals surface area contributed by atoms with Gasteiger partial charge >= 0.3 is 0 Å². The third-order valence-corrected chi connectivity index (χ3v) is 3.24. The van der Waals surface area contributed by atoms with Crippen LogP contribution in [-0.2, 0) is 6.54 Å². The van der Waals surface area contributed by atoms with Crippen LogP contribution in [0.25, 0.3) is 11.3 Å². The minimum Gasteiger partial charge on any atom is -0.308 e. The van der Waals surface area contributed by atoms with Crippen LogP contribution in [0.4, 0.5) is 0 Å². The van der Waals surface area contributed by atoms with Gasteiger partial charge in [-0.05, 0) is 25.1 Å². The van der Waals surface area contributed by atoms with Gasteiger partial charge in [0.1, 0.15) is 5.82 Å². The summed E-state index contributed by atoms with van der Waals surface area (Å²) in [6, 6.07) is 10.6. The molecule has 0 amide bonds. The van der Waals surface area contributed by atoms with Crippen LogP contribution in [0, 0.1) is 6.92 Å². The zero-order valence-corrected chi connectivity index (χ0v) is 13.0. The van der Waals surface area contributed by atoms with Gasteiger partial charge in [-0.2, -0.15) is 0 Å². The number of aromatic nitrogens is 2. The van der Waals surface area contributed by atoms with E-state index in [1.807, 2.05) is 25.1 Å². The largest absolute Gasteiger partial charge is 0.308 e. The van der Waals surface area contributed by atoms with Crippen molar-refractivity contribution in [1.29, 1.82) is 0 Å². The van der Waals surface area contributed by atoms with Gasteiger partial charge in [-0.3, -0.25) is 0 Å². The third-order valence-electron chi connectivity index (χ3n) is 2.71. The molecule has 0 saturated carbocycles. The summed E-state index contributed by atoms with van der Waals surface area (Å²) < 4.78 is 1.07. The second kappa shape index (κ2) is 6.26. The first-order chi connectivity index (χ1) is 9.04. The van der Waals surface area contributed by atoms with Gasteiger partial charge in [0, 0.05) is 21.8 Å². The lowest BCUT2D eigenvalue weighted by Crippen LogP contribution is -2.23. The molecule has 0 spiro atoms. The first kappa shape index (κ1) is 14.2. The fourth-order valence-electron chi connectivity index (χ4n) is 1.77. The Morgan fingerprint density at radius 3 is 2.47 bits per heavy atom. The number of hydrogen-bond donors (Lipinski definition) is 1. The lowest BCUT2D eigenvalue weighted by Gasteiger charge is -2.09. The highest BCUT2D eigenvalue weighted by atomic mass is 79.9. The Bertz CT molecular complexity index is 550. The first-order valence-corrected chi connectivity index (χ1v) is 7.18. The van der Waals surface area contributed by atoms with Crippen molar-refractivity contribution in [2.75, 3.05) is 0 Å². The van der Waals surface area contributed by atoms with Gasteiger partial charge in [0.25, 0.3) is 0 Å². The highest BCUT2D eigenvalue weighted by Crippen LogP contribution is 2.20. The maximum Gasteiger partial charge on any atom is 0.143 e. The number of halogens is 1. The molecule has 2 aromatic rings. The van der Waals surface area contributed by atoms with Gasteiger partial charge in [-0.15, -0.1) is 0 Å². The molecule has 0 saturated heterocycles. The Balaban J connectivity index is 2.28. The summed E-state index contributed by atoms with van der Waals surface area (Å²) in [5, 5.41) is 3.34. The quantitative estimate of drug-likeness (QED) is 0.933. The SMILES string of the molecule is Cc1cc(-c2ccc(Br)cc2)nc(CNC(C)C)n1. The van der Waals surface area contributed by atoms with Crippen molar-refractivity contribution in [3.63, 3.8) is 0 Å². The van der Waals surface area contributed by atoms with Crippen molar-refractivity contribution in [3.05, 3.63) is 46.3 Å². The minimum absolute atomic E-state index is 0.431. The molecule has 100 valence electrons. The number of benzene rings is 1. The molecule has 0 unspecified atom stereocenters. The molecule has 0 aliphatic heterocycles. The Labute approximate surface area is 122 Å². The molecule has 1 N–H and O–H groups in total. The number of hydrogen-bond acceptors (Lipinski definition) is 3. The minimum atomic E-state index is 0.431. The fourth-order valence-corrected chi connectivity index (χ4v) is 2.04. The predicted molar refractivity (Wildman–Crippen MR) is 81.9 cm³/mol. The second-order valence-corrected chi connectivity index (χ2v) is 5.77. The number of nitrogens with zero attached hydrogens (tertiary/aromatic N) is 2. The zero-order chi connectivity index (χ0) is 13.8. The van der Waals surface area contributed by atoms with E-state index in [1.165, 1.54) is 0 Å². The monoisotopic (exact) mass is 319 g/mol.